The number of esters is 1. The average Bonchev–Trinajstić information content (AvgIpc) is 2.03. The van der Waals surface area contributed by atoms with E-state index in [4.69, 9.17) is 4.74 Å². The highest BCUT2D eigenvalue weighted by Gasteiger charge is 2.26. The lowest BCUT2D eigenvalue weighted by molar-refractivity contribution is -0.160. The van der Waals surface area contributed by atoms with Gasteiger partial charge in [0, 0.05) is 6.54 Å². The molecule has 1 rings (SSSR count). The highest BCUT2D eigenvalue weighted by molar-refractivity contribution is 5.85. The number of carbonyl (C=O) groups excluding carboxylic acids is 1. The van der Waals surface area contributed by atoms with Gasteiger partial charge in [-0.25, -0.2) is 0 Å². The number of halogens is 1. The smallest absolute Gasteiger partial charge is 0.310 e. The summed E-state index contributed by atoms with van der Waals surface area (Å²) in [4.78, 5) is 11.6. The maximum Gasteiger partial charge on any atom is 0.310 e. The van der Waals surface area contributed by atoms with Crippen molar-refractivity contribution in [3.63, 3.8) is 0 Å². The van der Waals surface area contributed by atoms with Crippen molar-refractivity contribution in [3.8, 4) is 0 Å². The maximum absolute atomic E-state index is 11.6. The molecule has 1 saturated heterocycles. The summed E-state index contributed by atoms with van der Waals surface area (Å²) in [6, 6.07) is 0. The third-order valence-corrected chi connectivity index (χ3v) is 2.04. The van der Waals surface area contributed by atoms with Gasteiger partial charge >= 0.3 is 5.97 Å². The third kappa shape index (κ3) is 4.82. The van der Waals surface area contributed by atoms with Crippen LogP contribution in [0, 0.1) is 5.92 Å². The SMILES string of the molecule is CC(C)(C)OC(=O)[C@@H]1CCCNC1.Cl. The minimum atomic E-state index is -0.353. The van der Waals surface area contributed by atoms with E-state index in [1.807, 2.05) is 20.8 Å². The molecule has 0 unspecified atom stereocenters. The first-order chi connectivity index (χ1) is 5.99. The maximum atomic E-state index is 11.6. The lowest BCUT2D eigenvalue weighted by Crippen LogP contribution is -2.38. The zero-order valence-electron chi connectivity index (χ0n) is 9.13. The Morgan fingerprint density at radius 3 is 2.50 bits per heavy atom. The lowest BCUT2D eigenvalue weighted by Gasteiger charge is -2.26. The molecule has 0 radical (unpaired) electrons. The Balaban J connectivity index is 0.00000169. The number of nitrogens with one attached hydrogen (secondary N) is 1. The molecule has 0 aromatic heterocycles. The van der Waals surface area contributed by atoms with Gasteiger partial charge in [-0.3, -0.25) is 4.79 Å². The molecule has 0 amide bonds. The second-order valence-electron chi connectivity index (χ2n) is 4.58. The molecule has 0 aromatic rings. The van der Waals surface area contributed by atoms with Crippen molar-refractivity contribution in [2.45, 2.75) is 39.2 Å². The fraction of sp³-hybridized carbons (Fsp3) is 0.900. The molecule has 84 valence electrons. The van der Waals surface area contributed by atoms with E-state index in [0.29, 0.717) is 0 Å². The Bertz CT molecular complexity index is 183. The molecule has 1 fully saturated rings. The molecule has 0 aliphatic carbocycles. The number of piperidine rings is 1. The van der Waals surface area contributed by atoms with Gasteiger partial charge in [-0.2, -0.15) is 0 Å². The van der Waals surface area contributed by atoms with Crippen LogP contribution in [0.4, 0.5) is 0 Å². The standard InChI is InChI=1S/C10H19NO2.ClH/c1-10(2,3)13-9(12)8-5-4-6-11-7-8;/h8,11H,4-7H2,1-3H3;1H/t8-;/m1./s1. The minimum absolute atomic E-state index is 0. The van der Waals surface area contributed by atoms with Crippen molar-refractivity contribution in [3.05, 3.63) is 0 Å². The molecular formula is C10H20ClNO2. The Morgan fingerprint density at radius 1 is 1.43 bits per heavy atom. The number of hydrogen-bond donors (Lipinski definition) is 1. The van der Waals surface area contributed by atoms with Crippen LogP contribution in [0.5, 0.6) is 0 Å². The van der Waals surface area contributed by atoms with Crippen LogP contribution in [0.2, 0.25) is 0 Å². The van der Waals surface area contributed by atoms with Gasteiger partial charge in [0.15, 0.2) is 0 Å². The Labute approximate surface area is 92.0 Å². The third-order valence-electron chi connectivity index (χ3n) is 2.04. The predicted molar refractivity (Wildman–Crippen MR) is 58.7 cm³/mol. The summed E-state index contributed by atoms with van der Waals surface area (Å²) >= 11 is 0. The molecule has 1 N–H and O–H groups in total. The number of ether oxygens (including phenoxy) is 1. The van der Waals surface area contributed by atoms with E-state index in [-0.39, 0.29) is 29.9 Å². The van der Waals surface area contributed by atoms with E-state index in [9.17, 15) is 4.79 Å². The highest BCUT2D eigenvalue weighted by Crippen LogP contribution is 2.16. The van der Waals surface area contributed by atoms with E-state index in [2.05, 4.69) is 5.32 Å². The fourth-order valence-corrected chi connectivity index (χ4v) is 1.44. The zero-order chi connectivity index (χ0) is 9.90. The van der Waals surface area contributed by atoms with Crippen LogP contribution < -0.4 is 5.32 Å². The first-order valence-corrected chi connectivity index (χ1v) is 4.92. The molecule has 0 bridgehead atoms. The summed E-state index contributed by atoms with van der Waals surface area (Å²) in [6.07, 6.45) is 2.03. The Hall–Kier alpha value is -0.280. The molecule has 4 heteroatoms. The monoisotopic (exact) mass is 221 g/mol. The number of rotatable bonds is 1. The largest absolute Gasteiger partial charge is 0.460 e. The molecule has 3 nitrogen and oxygen atoms in total. The van der Waals surface area contributed by atoms with Crippen molar-refractivity contribution in [1.82, 2.24) is 5.32 Å². The second-order valence-corrected chi connectivity index (χ2v) is 4.58. The van der Waals surface area contributed by atoms with E-state index in [0.717, 1.165) is 25.9 Å². The van der Waals surface area contributed by atoms with Crippen LogP contribution in [0.3, 0.4) is 0 Å². The summed E-state index contributed by atoms with van der Waals surface area (Å²) in [7, 11) is 0. The van der Waals surface area contributed by atoms with E-state index < -0.39 is 0 Å². The van der Waals surface area contributed by atoms with Gasteiger partial charge in [0.2, 0.25) is 0 Å². The van der Waals surface area contributed by atoms with Crippen molar-refractivity contribution in [2.24, 2.45) is 5.92 Å². The molecule has 0 aromatic carbocycles. The second kappa shape index (κ2) is 5.56. The molecule has 1 atom stereocenters. The Kier molecular flexibility index (Phi) is 5.45. The van der Waals surface area contributed by atoms with Crippen LogP contribution in [-0.4, -0.2) is 24.7 Å². The average molecular weight is 222 g/mol. The van der Waals surface area contributed by atoms with E-state index in [1.54, 1.807) is 0 Å². The van der Waals surface area contributed by atoms with E-state index >= 15 is 0 Å². The van der Waals surface area contributed by atoms with Gasteiger partial charge in [-0.1, -0.05) is 0 Å². The summed E-state index contributed by atoms with van der Waals surface area (Å²) < 4.78 is 5.30. The van der Waals surface area contributed by atoms with Crippen LogP contribution in [0.15, 0.2) is 0 Å². The van der Waals surface area contributed by atoms with Gasteiger partial charge in [-0.05, 0) is 40.2 Å². The summed E-state index contributed by atoms with van der Waals surface area (Å²) in [5.41, 5.74) is -0.353. The van der Waals surface area contributed by atoms with Crippen LogP contribution in [0.1, 0.15) is 33.6 Å². The fourth-order valence-electron chi connectivity index (χ4n) is 1.44. The lowest BCUT2D eigenvalue weighted by atomic mass is 10.00. The van der Waals surface area contributed by atoms with E-state index in [1.165, 1.54) is 0 Å². The first-order valence-electron chi connectivity index (χ1n) is 4.92. The molecule has 0 spiro atoms. The summed E-state index contributed by atoms with van der Waals surface area (Å²) in [5, 5.41) is 3.20. The summed E-state index contributed by atoms with van der Waals surface area (Å²) in [5.74, 6) is 0.00711. The molecule has 1 aliphatic heterocycles. The van der Waals surface area contributed by atoms with Crippen molar-refractivity contribution < 1.29 is 9.53 Å². The number of carbonyl (C=O) groups is 1. The van der Waals surface area contributed by atoms with Crippen molar-refractivity contribution in [2.75, 3.05) is 13.1 Å². The zero-order valence-corrected chi connectivity index (χ0v) is 9.95. The van der Waals surface area contributed by atoms with Gasteiger partial charge in [0.1, 0.15) is 5.60 Å². The topological polar surface area (TPSA) is 38.3 Å². The van der Waals surface area contributed by atoms with Gasteiger partial charge in [0.05, 0.1) is 5.92 Å². The number of hydrogen-bond acceptors (Lipinski definition) is 3. The molecular weight excluding hydrogens is 202 g/mol. The normalized spacial score (nSPS) is 22.4. The summed E-state index contributed by atoms with van der Waals surface area (Å²) in [6.45, 7) is 7.51. The van der Waals surface area contributed by atoms with Gasteiger partial charge in [-0.15, -0.1) is 12.4 Å². The van der Waals surface area contributed by atoms with Crippen molar-refractivity contribution in [1.29, 1.82) is 0 Å². The van der Waals surface area contributed by atoms with Crippen molar-refractivity contribution >= 4 is 18.4 Å². The quantitative estimate of drug-likeness (QED) is 0.686. The van der Waals surface area contributed by atoms with Crippen LogP contribution in [0.25, 0.3) is 0 Å². The molecule has 0 saturated carbocycles. The minimum Gasteiger partial charge on any atom is -0.460 e. The van der Waals surface area contributed by atoms with Gasteiger partial charge < -0.3 is 10.1 Å². The van der Waals surface area contributed by atoms with Crippen LogP contribution >= 0.6 is 12.4 Å². The molecule has 1 heterocycles. The molecule has 14 heavy (non-hydrogen) atoms. The predicted octanol–water partition coefficient (Wildman–Crippen LogP) is 1.75. The molecule has 1 aliphatic rings. The van der Waals surface area contributed by atoms with Gasteiger partial charge in [0.25, 0.3) is 0 Å². The Morgan fingerprint density at radius 2 is 2.07 bits per heavy atom. The highest BCUT2D eigenvalue weighted by atomic mass is 35.5. The van der Waals surface area contributed by atoms with Crippen LogP contribution in [-0.2, 0) is 9.53 Å². The first kappa shape index (κ1) is 13.7.